The summed E-state index contributed by atoms with van der Waals surface area (Å²) in [5.41, 5.74) is 0.882. The van der Waals surface area contributed by atoms with E-state index in [0.717, 1.165) is 6.42 Å². The van der Waals surface area contributed by atoms with Gasteiger partial charge in [0.15, 0.2) is 0 Å². The van der Waals surface area contributed by atoms with Crippen molar-refractivity contribution in [2.24, 2.45) is 0 Å². The fourth-order valence-electron chi connectivity index (χ4n) is 2.03. The maximum Gasteiger partial charge on any atom is 0.224 e. The monoisotopic (exact) mass is 353 g/mol. The number of hydrogen-bond acceptors (Lipinski definition) is 4. The van der Waals surface area contributed by atoms with Crippen LogP contribution in [0.4, 0.5) is 0 Å². The number of halogens is 1. The number of amides is 1. The van der Waals surface area contributed by atoms with Gasteiger partial charge in [0.1, 0.15) is 17.3 Å². The van der Waals surface area contributed by atoms with Gasteiger partial charge in [-0.2, -0.15) is 0 Å². The van der Waals surface area contributed by atoms with Gasteiger partial charge < -0.3 is 19.9 Å². The highest BCUT2D eigenvalue weighted by Crippen LogP contribution is 2.42. The second kappa shape index (κ2) is 6.67. The second-order valence-corrected chi connectivity index (χ2v) is 5.38. The van der Waals surface area contributed by atoms with Crippen LogP contribution < -0.4 is 5.32 Å². The maximum atomic E-state index is 11.9. The molecular formula is C15H16BrNO4. The first-order valence-corrected chi connectivity index (χ1v) is 7.37. The van der Waals surface area contributed by atoms with E-state index in [2.05, 4.69) is 21.2 Å². The van der Waals surface area contributed by atoms with Gasteiger partial charge in [0.25, 0.3) is 0 Å². The van der Waals surface area contributed by atoms with E-state index >= 15 is 0 Å². The molecular weight excluding hydrogens is 338 g/mol. The summed E-state index contributed by atoms with van der Waals surface area (Å²) in [6, 6.07) is 4.60. The zero-order valence-corrected chi connectivity index (χ0v) is 13.1. The summed E-state index contributed by atoms with van der Waals surface area (Å²) < 4.78 is 5.68. The van der Waals surface area contributed by atoms with Crippen molar-refractivity contribution >= 4 is 21.8 Å². The van der Waals surface area contributed by atoms with E-state index < -0.39 is 0 Å². The van der Waals surface area contributed by atoms with Crippen LogP contribution in [0.3, 0.4) is 0 Å². The third kappa shape index (κ3) is 3.39. The van der Waals surface area contributed by atoms with Gasteiger partial charge in [0.05, 0.1) is 22.7 Å². The molecule has 1 aromatic carbocycles. The van der Waals surface area contributed by atoms with Crippen molar-refractivity contribution < 1.29 is 19.4 Å². The third-order valence-corrected chi connectivity index (χ3v) is 3.88. The Hall–Kier alpha value is -1.95. The van der Waals surface area contributed by atoms with E-state index in [4.69, 9.17) is 4.42 Å². The summed E-state index contributed by atoms with van der Waals surface area (Å²) in [4.78, 5) is 11.9. The molecule has 0 aliphatic heterocycles. The number of benzene rings is 1. The molecule has 0 saturated carbocycles. The van der Waals surface area contributed by atoms with E-state index in [0.29, 0.717) is 27.9 Å². The van der Waals surface area contributed by atoms with E-state index in [-0.39, 0.29) is 23.8 Å². The number of hydrogen-bond donors (Lipinski definition) is 3. The third-order valence-electron chi connectivity index (χ3n) is 3.00. The SMILES string of the molecule is CCCNC(=O)Cc1c(Br)c(O)cc(O)c1-c1ccco1. The van der Waals surface area contributed by atoms with Crippen molar-refractivity contribution in [1.29, 1.82) is 0 Å². The Labute approximate surface area is 130 Å². The summed E-state index contributed by atoms with van der Waals surface area (Å²) in [7, 11) is 0. The Kier molecular flexibility index (Phi) is 4.90. The van der Waals surface area contributed by atoms with Gasteiger partial charge in [-0.15, -0.1) is 0 Å². The molecule has 0 saturated heterocycles. The zero-order valence-electron chi connectivity index (χ0n) is 11.5. The van der Waals surface area contributed by atoms with Gasteiger partial charge in [0.2, 0.25) is 5.91 Å². The molecule has 0 bridgehead atoms. The molecule has 21 heavy (non-hydrogen) atoms. The minimum Gasteiger partial charge on any atom is -0.507 e. The maximum absolute atomic E-state index is 11.9. The van der Waals surface area contributed by atoms with Gasteiger partial charge in [-0.1, -0.05) is 6.92 Å². The number of aromatic hydroxyl groups is 2. The lowest BCUT2D eigenvalue weighted by atomic mass is 10.00. The number of phenols is 2. The molecule has 3 N–H and O–H groups in total. The van der Waals surface area contributed by atoms with Crippen molar-refractivity contribution in [2.45, 2.75) is 19.8 Å². The Bertz CT molecular complexity index is 638. The highest BCUT2D eigenvalue weighted by Gasteiger charge is 2.21. The van der Waals surface area contributed by atoms with Gasteiger partial charge in [0, 0.05) is 12.6 Å². The molecule has 6 heteroatoms. The minimum atomic E-state index is -0.185. The molecule has 2 aromatic rings. The van der Waals surface area contributed by atoms with E-state index in [1.54, 1.807) is 12.1 Å². The average molecular weight is 354 g/mol. The van der Waals surface area contributed by atoms with Gasteiger partial charge >= 0.3 is 0 Å². The van der Waals surface area contributed by atoms with Crippen LogP contribution in [0, 0.1) is 0 Å². The van der Waals surface area contributed by atoms with Crippen molar-refractivity contribution in [1.82, 2.24) is 5.32 Å². The van der Waals surface area contributed by atoms with Crippen LogP contribution >= 0.6 is 15.9 Å². The number of carbonyl (C=O) groups is 1. The van der Waals surface area contributed by atoms with Gasteiger partial charge in [-0.3, -0.25) is 4.79 Å². The number of rotatable bonds is 5. The van der Waals surface area contributed by atoms with Crippen LogP contribution in [-0.2, 0) is 11.2 Å². The summed E-state index contributed by atoms with van der Waals surface area (Å²) in [5.74, 6) is -0.00751. The molecule has 0 aliphatic rings. The van der Waals surface area contributed by atoms with Crippen LogP contribution in [-0.4, -0.2) is 22.7 Å². The summed E-state index contributed by atoms with van der Waals surface area (Å²) in [6.45, 7) is 2.54. The fraction of sp³-hybridized carbons (Fsp3) is 0.267. The molecule has 1 amide bonds. The number of furan rings is 1. The standard InChI is InChI=1S/C15H16BrNO4/c1-2-5-17-13(20)7-9-14(12-4-3-6-21-12)10(18)8-11(19)15(9)16/h3-4,6,8,18-19H,2,5,7H2,1H3,(H,17,20). The van der Waals surface area contributed by atoms with E-state index in [1.165, 1.54) is 12.3 Å². The number of nitrogens with one attached hydrogen (secondary N) is 1. The summed E-state index contributed by atoms with van der Waals surface area (Å²) >= 11 is 3.26. The predicted octanol–water partition coefficient (Wildman–Crippen LogP) is 3.19. The summed E-state index contributed by atoms with van der Waals surface area (Å²) in [6.07, 6.45) is 2.35. The van der Waals surface area contributed by atoms with Crippen molar-refractivity contribution in [2.75, 3.05) is 6.54 Å². The number of phenolic OH excluding ortho intramolecular Hbond substituents is 2. The molecule has 0 atom stereocenters. The first kappa shape index (κ1) is 15.4. The van der Waals surface area contributed by atoms with E-state index in [1.807, 2.05) is 6.92 Å². The first-order valence-electron chi connectivity index (χ1n) is 6.58. The van der Waals surface area contributed by atoms with E-state index in [9.17, 15) is 15.0 Å². The normalized spacial score (nSPS) is 10.6. The predicted molar refractivity (Wildman–Crippen MR) is 82.2 cm³/mol. The highest BCUT2D eigenvalue weighted by molar-refractivity contribution is 9.10. The Morgan fingerprint density at radius 2 is 2.14 bits per heavy atom. The van der Waals surface area contributed by atoms with Gasteiger partial charge in [-0.25, -0.2) is 0 Å². The molecule has 2 rings (SSSR count). The van der Waals surface area contributed by atoms with Crippen molar-refractivity contribution in [3.63, 3.8) is 0 Å². The molecule has 1 aromatic heterocycles. The fourth-order valence-corrected chi connectivity index (χ4v) is 2.49. The van der Waals surface area contributed by atoms with Crippen molar-refractivity contribution in [3.8, 4) is 22.8 Å². The van der Waals surface area contributed by atoms with Crippen molar-refractivity contribution in [3.05, 3.63) is 34.5 Å². The Balaban J connectivity index is 2.45. The lowest BCUT2D eigenvalue weighted by Crippen LogP contribution is -2.26. The number of carbonyl (C=O) groups excluding carboxylic acids is 1. The Morgan fingerprint density at radius 3 is 2.76 bits per heavy atom. The second-order valence-electron chi connectivity index (χ2n) is 4.59. The highest BCUT2D eigenvalue weighted by atomic mass is 79.9. The Morgan fingerprint density at radius 1 is 1.38 bits per heavy atom. The molecule has 0 aliphatic carbocycles. The topological polar surface area (TPSA) is 82.7 Å². The first-order chi connectivity index (χ1) is 10.0. The van der Waals surface area contributed by atoms with Crippen LogP contribution in [0.5, 0.6) is 11.5 Å². The average Bonchev–Trinajstić information content (AvgIpc) is 2.96. The van der Waals surface area contributed by atoms with Crippen LogP contribution in [0.25, 0.3) is 11.3 Å². The molecule has 0 unspecified atom stereocenters. The molecule has 1 heterocycles. The molecule has 5 nitrogen and oxygen atoms in total. The van der Waals surface area contributed by atoms with Crippen LogP contribution in [0.1, 0.15) is 18.9 Å². The summed E-state index contributed by atoms with van der Waals surface area (Å²) in [5, 5.41) is 22.7. The van der Waals surface area contributed by atoms with Crippen LogP contribution in [0.15, 0.2) is 33.4 Å². The molecule has 0 fully saturated rings. The zero-order chi connectivity index (χ0) is 15.4. The molecule has 112 valence electrons. The quantitative estimate of drug-likeness (QED) is 0.770. The molecule has 0 spiro atoms. The van der Waals surface area contributed by atoms with Crippen LogP contribution in [0.2, 0.25) is 0 Å². The lowest BCUT2D eigenvalue weighted by molar-refractivity contribution is -0.120. The minimum absolute atomic E-state index is 0.0264. The molecule has 0 radical (unpaired) electrons. The largest absolute Gasteiger partial charge is 0.507 e. The lowest BCUT2D eigenvalue weighted by Gasteiger charge is -2.13. The van der Waals surface area contributed by atoms with Gasteiger partial charge in [-0.05, 0) is 40.0 Å². The smallest absolute Gasteiger partial charge is 0.224 e.